The molecule has 11 amide bonds. The first-order valence-electron chi connectivity index (χ1n) is 30.8. The van der Waals surface area contributed by atoms with E-state index in [1.807, 2.05) is 13.0 Å². The number of rotatable bonds is 26. The van der Waals surface area contributed by atoms with Gasteiger partial charge in [0.2, 0.25) is 29.5 Å². The van der Waals surface area contributed by atoms with Gasteiger partial charge in [-0.2, -0.15) is 0 Å². The van der Waals surface area contributed by atoms with Gasteiger partial charge in [0, 0.05) is 91.4 Å². The third kappa shape index (κ3) is 20.4. The van der Waals surface area contributed by atoms with Crippen LogP contribution in [0, 0.1) is 5.92 Å². The van der Waals surface area contributed by atoms with E-state index in [1.54, 1.807) is 69.3 Å². The summed E-state index contributed by atoms with van der Waals surface area (Å²) in [5.74, 6) is -4.38. The number of hydrogen-bond acceptors (Lipinski definition) is 18. The molecule has 2 fully saturated rings. The molecule has 0 saturated carbocycles. The minimum Gasteiger partial charge on any atom is -0.495 e. The van der Waals surface area contributed by atoms with Gasteiger partial charge >= 0.3 is 24.2 Å². The van der Waals surface area contributed by atoms with E-state index in [1.165, 1.54) is 64.2 Å². The highest BCUT2D eigenvalue weighted by atomic mass is 35.5. The molecule has 0 spiro atoms. The Labute approximate surface area is 545 Å². The van der Waals surface area contributed by atoms with Gasteiger partial charge in [-0.15, -0.1) is 0 Å². The molecule has 508 valence electrons. The highest BCUT2D eigenvalue weighted by molar-refractivity contribution is 6.35. The number of aliphatic hydroxyl groups is 1. The minimum atomic E-state index is -1.89. The number of anilines is 2. The smallest absolute Gasteiger partial charge is 0.409 e. The Morgan fingerprint density at radius 2 is 1.63 bits per heavy atom. The Morgan fingerprint density at radius 1 is 0.935 bits per heavy atom. The van der Waals surface area contributed by atoms with Crippen LogP contribution in [0.1, 0.15) is 110 Å². The van der Waals surface area contributed by atoms with Crippen LogP contribution in [-0.2, 0) is 75.1 Å². The molecule has 0 aromatic heterocycles. The molecule has 4 heterocycles. The standard InChI is InChI=1S/C64H87ClN10O18/c1-37(2)56(70-50(76)19-12-11-13-28-75-52(78)24-25-53(75)79)58(82)69-44(17-15-27-67-60(66)84)57(81)68-42-22-20-40(21-23-42)36-90-62(86)72(6)29-26-51(77)73(7)39(4)59(83)92-48-34-54(80)74(8)45-31-41(32-46(88-9)55(45)65)30-38(3)16-14-18-47(89-10)64(87)35-43(91-61(85)71-64)33-49-63(48,5)93-49/h14,16,18,20-25,31-32,37,39,43-44,47-49,56,87H,11-13,15,17,19,26-30,33-36H2,1-10H3,(H,68,81)(H,69,82)(H,70,76)(H,71,85)(H3,66,67,84)/b18-14+,38-16+/t39-,43+,44+,47+,48-,49-,56?,63-,64-/m0/s1. The fourth-order valence-corrected chi connectivity index (χ4v) is 11.1. The predicted molar refractivity (Wildman–Crippen MR) is 339 cm³/mol. The second-order valence-corrected chi connectivity index (χ2v) is 24.5. The van der Waals surface area contributed by atoms with Gasteiger partial charge in [0.15, 0.2) is 5.72 Å². The molecule has 4 bridgehead atoms. The maximum absolute atomic E-state index is 14.4. The Kier molecular flexibility index (Phi) is 26.3. The zero-order valence-electron chi connectivity index (χ0n) is 54.2. The summed E-state index contributed by atoms with van der Waals surface area (Å²) >= 11 is 6.82. The van der Waals surface area contributed by atoms with Crippen molar-refractivity contribution in [2.45, 2.75) is 166 Å². The summed E-state index contributed by atoms with van der Waals surface area (Å²) < 4.78 is 34.7. The zero-order chi connectivity index (χ0) is 68.5. The molecule has 4 aliphatic rings. The molecule has 28 nitrogen and oxygen atoms in total. The molecule has 0 radical (unpaired) electrons. The normalized spacial score (nSPS) is 23.1. The lowest BCUT2D eigenvalue weighted by Crippen LogP contribution is -2.62. The number of epoxide rings is 1. The number of nitrogens with one attached hydrogen (secondary N) is 5. The average molecular weight is 1320 g/mol. The van der Waals surface area contributed by atoms with Gasteiger partial charge in [-0.25, -0.2) is 19.2 Å². The second-order valence-electron chi connectivity index (χ2n) is 24.1. The van der Waals surface area contributed by atoms with Crippen molar-refractivity contribution in [2.24, 2.45) is 11.7 Å². The largest absolute Gasteiger partial charge is 0.495 e. The van der Waals surface area contributed by atoms with Gasteiger partial charge < -0.3 is 75.2 Å². The van der Waals surface area contributed by atoms with E-state index in [-0.39, 0.29) is 87.5 Å². The Bertz CT molecular complexity index is 3180. The number of primary amides is 1. The van der Waals surface area contributed by atoms with Crippen LogP contribution in [0.2, 0.25) is 5.02 Å². The van der Waals surface area contributed by atoms with E-state index < -0.39 is 114 Å². The van der Waals surface area contributed by atoms with Gasteiger partial charge in [-0.05, 0) is 94.2 Å². The highest BCUT2D eigenvalue weighted by Gasteiger charge is 2.62. The third-order valence-corrected chi connectivity index (χ3v) is 17.1. The van der Waals surface area contributed by atoms with Crippen molar-refractivity contribution in [1.82, 2.24) is 36.0 Å². The Morgan fingerprint density at radius 3 is 2.29 bits per heavy atom. The molecule has 2 aromatic rings. The van der Waals surface area contributed by atoms with Crippen molar-refractivity contribution in [3.05, 3.63) is 88.5 Å². The van der Waals surface area contributed by atoms with E-state index in [4.69, 9.17) is 45.8 Å². The number of nitrogens with two attached hydrogens (primary N) is 1. The molecule has 0 aliphatic carbocycles. The van der Waals surface area contributed by atoms with Gasteiger partial charge in [0.1, 0.15) is 59.4 Å². The summed E-state index contributed by atoms with van der Waals surface area (Å²) in [5.41, 5.74) is 4.79. The van der Waals surface area contributed by atoms with Crippen LogP contribution >= 0.6 is 11.6 Å². The summed E-state index contributed by atoms with van der Waals surface area (Å²) in [4.78, 5) is 148. The maximum Gasteiger partial charge on any atom is 0.409 e. The van der Waals surface area contributed by atoms with E-state index >= 15 is 0 Å². The van der Waals surface area contributed by atoms with Crippen LogP contribution in [-0.4, -0.2) is 194 Å². The van der Waals surface area contributed by atoms with Crippen molar-refractivity contribution in [2.75, 3.05) is 65.2 Å². The summed E-state index contributed by atoms with van der Waals surface area (Å²) in [6.07, 6.45) is 3.49. The number of urea groups is 1. The van der Waals surface area contributed by atoms with Crippen LogP contribution in [0.3, 0.4) is 0 Å². The van der Waals surface area contributed by atoms with E-state index in [0.717, 1.165) is 20.9 Å². The number of likely N-dealkylation sites (N-methyl/N-ethyl adjacent to an activating group) is 1. The molecule has 4 aliphatic heterocycles. The maximum atomic E-state index is 14.4. The lowest BCUT2D eigenvalue weighted by Gasteiger charge is -2.40. The SMILES string of the molecule is COc1cc2cc(c1Cl)N(C)C(=O)C[C@H](OC(=O)[C@H](C)N(C)C(=O)CCN(C)C(=O)OCc1ccc(NC(=O)[C@@H](CCCNC(N)=O)NC(=O)C(NC(=O)CCCCCN3C(=O)C=CC3=O)C(C)C)cc1)[C@]1(C)O[C@H]1C[C@@H]1C[C@@](O)(NC(=O)O1)[C@H](OC)/C=C/C=C(\C)C2. The first-order valence-corrected chi connectivity index (χ1v) is 31.1. The molecule has 1 unspecified atom stereocenters. The number of carbonyl (C=O) groups excluding carboxylic acids is 11. The molecule has 93 heavy (non-hydrogen) atoms. The van der Waals surface area contributed by atoms with Gasteiger partial charge in [0.25, 0.3) is 11.8 Å². The van der Waals surface area contributed by atoms with E-state index in [0.29, 0.717) is 48.4 Å². The number of amides is 11. The van der Waals surface area contributed by atoms with E-state index in [9.17, 15) is 57.8 Å². The quantitative estimate of drug-likeness (QED) is 0.0225. The summed E-state index contributed by atoms with van der Waals surface area (Å²) in [5, 5.41) is 25.1. The van der Waals surface area contributed by atoms with E-state index in [2.05, 4.69) is 26.6 Å². The van der Waals surface area contributed by atoms with Crippen molar-refractivity contribution in [3.8, 4) is 5.75 Å². The molecule has 9 atom stereocenters. The number of fused-ring (bicyclic) bond motifs is 5. The average Bonchev–Trinajstić information content (AvgIpc) is 1.60. The lowest BCUT2D eigenvalue weighted by molar-refractivity contribution is -0.162. The van der Waals surface area contributed by atoms with Crippen molar-refractivity contribution >= 4 is 88.5 Å². The van der Waals surface area contributed by atoms with Crippen LogP contribution in [0.4, 0.5) is 25.8 Å². The molecule has 6 rings (SSSR count). The number of nitrogens with zero attached hydrogens (tertiary/aromatic N) is 4. The number of benzene rings is 2. The molecule has 8 N–H and O–H groups in total. The highest BCUT2D eigenvalue weighted by Crippen LogP contribution is 2.47. The number of allylic oxidation sites excluding steroid dienone is 3. The van der Waals surface area contributed by atoms with Crippen molar-refractivity contribution in [3.63, 3.8) is 0 Å². The second kappa shape index (κ2) is 33.3. The molecule has 2 aromatic carbocycles. The number of alkyl carbamates (subject to hydrolysis) is 1. The Hall–Kier alpha value is -8.60. The van der Waals surface area contributed by atoms with Gasteiger partial charge in [-0.3, -0.25) is 43.8 Å². The number of imide groups is 1. The van der Waals surface area contributed by atoms with Crippen molar-refractivity contribution < 1.29 is 86.3 Å². The van der Waals surface area contributed by atoms with Gasteiger partial charge in [-0.1, -0.05) is 67.8 Å². The number of carbonyl (C=O) groups is 11. The van der Waals surface area contributed by atoms with Crippen LogP contribution in [0.25, 0.3) is 0 Å². The first kappa shape index (κ1) is 73.5. The number of methoxy groups -OCH3 is 2. The third-order valence-electron chi connectivity index (χ3n) is 16.7. The van der Waals surface area contributed by atoms with Crippen molar-refractivity contribution in [1.29, 1.82) is 0 Å². The molecule has 2 saturated heterocycles. The lowest BCUT2D eigenvalue weighted by atomic mass is 9.90. The van der Waals surface area contributed by atoms with Crippen LogP contribution in [0.5, 0.6) is 5.75 Å². The summed E-state index contributed by atoms with van der Waals surface area (Å²) in [6, 6.07) is 5.70. The number of halogens is 1. The molecular formula is C64H87ClN10O18. The minimum absolute atomic E-state index is 0.0311. The summed E-state index contributed by atoms with van der Waals surface area (Å²) in [6.45, 7) is 8.46. The fourth-order valence-electron chi connectivity index (χ4n) is 10.8. The van der Waals surface area contributed by atoms with Crippen LogP contribution in [0.15, 0.2) is 72.4 Å². The summed E-state index contributed by atoms with van der Waals surface area (Å²) in [7, 11) is 7.18. The predicted octanol–water partition coefficient (Wildman–Crippen LogP) is 4.43. The monoisotopic (exact) mass is 1320 g/mol. The van der Waals surface area contributed by atoms with Crippen LogP contribution < -0.4 is 42.0 Å². The number of hydrogen-bond donors (Lipinski definition) is 7. The fraction of sp³-hybridized carbons (Fsp3) is 0.547. The Balaban J connectivity index is 1.02. The van der Waals surface area contributed by atoms with Gasteiger partial charge in [0.05, 0.1) is 25.3 Å². The first-order chi connectivity index (χ1) is 44.0. The number of esters is 1. The topological polar surface area (TPSA) is 366 Å². The molecular weight excluding hydrogens is 1230 g/mol. The number of unbranched alkanes of at least 4 members (excludes halogenated alkanes) is 2. The zero-order valence-corrected chi connectivity index (χ0v) is 55.0. The number of ether oxygens (including phenoxy) is 6. The molecule has 29 heteroatoms.